The molecule has 53 heavy (non-hydrogen) atoms. The van der Waals surface area contributed by atoms with Crippen molar-refractivity contribution < 1.29 is 49.7 Å². The van der Waals surface area contributed by atoms with Gasteiger partial charge in [-0.25, -0.2) is 4.98 Å². The van der Waals surface area contributed by atoms with Crippen LogP contribution in [0, 0.1) is 11.3 Å². The number of aryl methyl sites for hydroxylation is 1. The lowest BCUT2D eigenvalue weighted by Crippen LogP contribution is -2.68. The summed E-state index contributed by atoms with van der Waals surface area (Å²) >= 11 is 0. The molecule has 8 unspecified atom stereocenters. The number of hydrogen-bond donors (Lipinski definition) is 7. The average Bonchev–Trinajstić information content (AvgIpc) is 3.16. The van der Waals surface area contributed by atoms with Gasteiger partial charge in [-0.1, -0.05) is 64.1 Å². The second-order valence-corrected chi connectivity index (χ2v) is 16.9. The first kappa shape index (κ1) is 36.3. The molecule has 2 aliphatic carbocycles. The summed E-state index contributed by atoms with van der Waals surface area (Å²) in [4.78, 5) is 34.2. The van der Waals surface area contributed by atoms with Crippen molar-refractivity contribution >= 4 is 39.0 Å². The molecule has 0 radical (unpaired) electrons. The Morgan fingerprint density at radius 1 is 1.02 bits per heavy atom. The Bertz CT molecular complexity index is 2020. The van der Waals surface area contributed by atoms with Gasteiger partial charge in [-0.3, -0.25) is 9.59 Å². The van der Waals surface area contributed by atoms with E-state index in [1.54, 1.807) is 24.4 Å². The molecule has 8 atom stereocenters. The lowest BCUT2D eigenvalue weighted by atomic mass is 9.60. The number of rotatable bonds is 4. The lowest BCUT2D eigenvalue weighted by Gasteiger charge is -2.48. The second kappa shape index (κ2) is 14.2. The second-order valence-electron chi connectivity index (χ2n) is 14.3. The highest BCUT2D eigenvalue weighted by Crippen LogP contribution is 2.54. The van der Waals surface area contributed by atoms with Gasteiger partial charge < -0.3 is 45.4 Å². The molecule has 9 rings (SSSR count). The molecule has 1 spiro atoms. The Kier molecular flexibility index (Phi) is 9.69. The minimum absolute atomic E-state index is 0.0341. The third-order valence-corrected chi connectivity index (χ3v) is 14.0. The third kappa shape index (κ3) is 6.09. The van der Waals surface area contributed by atoms with Crippen molar-refractivity contribution in [3.63, 3.8) is 0 Å². The summed E-state index contributed by atoms with van der Waals surface area (Å²) in [5, 5.41) is 70.0. The Morgan fingerprint density at radius 3 is 2.64 bits per heavy atom. The largest absolute Gasteiger partial charge is 0.511 e. The molecule has 0 amide bonds. The third-order valence-electron chi connectivity index (χ3n) is 11.2. The first-order valence-electron chi connectivity index (χ1n) is 17.6. The molecule has 4 aliphatic heterocycles. The minimum Gasteiger partial charge on any atom is -0.511 e. The van der Waals surface area contributed by atoms with Gasteiger partial charge in [0.1, 0.15) is 46.7 Å². The summed E-state index contributed by atoms with van der Waals surface area (Å²) in [5.41, 5.74) is 0.122. The van der Waals surface area contributed by atoms with Gasteiger partial charge in [0.15, 0.2) is 11.6 Å². The number of anilines is 1. The zero-order valence-corrected chi connectivity index (χ0v) is 30.2. The maximum absolute atomic E-state index is 15.1. The van der Waals surface area contributed by atoms with E-state index in [2.05, 4.69) is 10.3 Å². The number of nitrogens with one attached hydrogen (secondary N) is 1. The van der Waals surface area contributed by atoms with E-state index < -0.39 is 59.7 Å². The summed E-state index contributed by atoms with van der Waals surface area (Å²) in [7, 11) is 2.87. The number of benzene rings is 2. The summed E-state index contributed by atoms with van der Waals surface area (Å²) in [6.07, 6.45) is 0.269. The van der Waals surface area contributed by atoms with Gasteiger partial charge in [0.25, 0.3) is 0 Å². The van der Waals surface area contributed by atoms with Gasteiger partial charge in [-0.15, -0.1) is 0 Å². The highest BCUT2D eigenvalue weighted by atomic mass is 33.1. The van der Waals surface area contributed by atoms with E-state index in [1.807, 2.05) is 24.3 Å². The van der Waals surface area contributed by atoms with Crippen LogP contribution in [0.2, 0.25) is 0 Å². The fraction of sp³-hybridized carbons (Fsp3) is 0.410. The van der Waals surface area contributed by atoms with Crippen LogP contribution in [0.5, 0.6) is 5.75 Å². The Morgan fingerprint density at radius 2 is 1.83 bits per heavy atom. The van der Waals surface area contributed by atoms with Gasteiger partial charge in [0.05, 0.1) is 30.1 Å². The molecule has 0 saturated carbocycles. The van der Waals surface area contributed by atoms with E-state index in [4.69, 9.17) is 9.47 Å². The molecule has 1 fully saturated rings. The van der Waals surface area contributed by atoms with Gasteiger partial charge in [-0.05, 0) is 78.1 Å². The molecule has 3 aromatic rings. The summed E-state index contributed by atoms with van der Waals surface area (Å²) in [6.45, 7) is -0.835. The molecule has 278 valence electrons. The topological polar surface area (TPSA) is 199 Å². The number of carbonyl (C=O) groups excluding carboxylic acids is 2. The molecule has 1 aromatic heterocycles. The number of Topliss-reactive ketones (excluding diaryl/α,β-unsaturated/α-hetero) is 2. The highest BCUT2D eigenvalue weighted by Gasteiger charge is 2.59. The van der Waals surface area contributed by atoms with Crippen LogP contribution >= 0.6 is 21.6 Å². The number of nitrogens with zero attached hydrogens (tertiary/aromatic N) is 1. The van der Waals surface area contributed by atoms with Crippen LogP contribution in [0.1, 0.15) is 55.8 Å². The molecule has 2 aromatic carbocycles. The van der Waals surface area contributed by atoms with Crippen molar-refractivity contribution in [3.05, 3.63) is 112 Å². The van der Waals surface area contributed by atoms with Gasteiger partial charge in [0.2, 0.25) is 6.29 Å². The van der Waals surface area contributed by atoms with Crippen LogP contribution in [0.15, 0.2) is 78.2 Å². The Hall–Kier alpha value is -3.73. The molecule has 7 N–H and O–H groups in total. The molecular weight excluding hydrogens is 721 g/mol. The molecule has 5 heterocycles. The maximum atomic E-state index is 15.1. The number of allylic oxidation sites excluding steroid dienone is 4. The van der Waals surface area contributed by atoms with E-state index in [-0.39, 0.29) is 53.2 Å². The summed E-state index contributed by atoms with van der Waals surface area (Å²) in [6, 6.07) is 13.7. The first-order chi connectivity index (χ1) is 25.6. The monoisotopic (exact) mass is 760 g/mol. The van der Waals surface area contributed by atoms with Gasteiger partial charge in [-0.2, -0.15) is 0 Å². The zero-order valence-electron chi connectivity index (χ0n) is 28.6. The van der Waals surface area contributed by atoms with Gasteiger partial charge >= 0.3 is 0 Å². The molecule has 14 heteroatoms. The van der Waals surface area contributed by atoms with Crippen molar-refractivity contribution in [2.24, 2.45) is 11.3 Å². The molecule has 6 aliphatic rings. The SMILES string of the molecule is O=C1c2cccc3c2C(=O)C2(CSSC4CCc5c(ccnc5N4)CCC4(O)C(O)C(CO)OC(O3)C4O)C(O)=CC(Cc3cccc(CO)c3)=CC12. The van der Waals surface area contributed by atoms with E-state index in [9.17, 15) is 35.4 Å². The first-order valence-corrected chi connectivity index (χ1v) is 20.0. The summed E-state index contributed by atoms with van der Waals surface area (Å²) in [5.74, 6) is -1.69. The number of pyridine rings is 1. The van der Waals surface area contributed by atoms with E-state index in [0.717, 1.165) is 22.3 Å². The quantitative estimate of drug-likeness (QED) is 0.191. The maximum Gasteiger partial charge on any atom is 0.229 e. The molecule has 12 nitrogen and oxygen atoms in total. The van der Waals surface area contributed by atoms with Crippen molar-refractivity contribution in [3.8, 4) is 5.75 Å². The average molecular weight is 761 g/mol. The van der Waals surface area contributed by atoms with Gasteiger partial charge in [0, 0.05) is 17.5 Å². The van der Waals surface area contributed by atoms with Crippen LogP contribution in [0.25, 0.3) is 0 Å². The molecule has 8 bridgehead atoms. The fourth-order valence-electron chi connectivity index (χ4n) is 8.29. The fourth-order valence-corrected chi connectivity index (χ4v) is 11.2. The van der Waals surface area contributed by atoms with Crippen LogP contribution in [0.4, 0.5) is 5.82 Å². The Balaban J connectivity index is 1.24. The predicted molar refractivity (Wildman–Crippen MR) is 198 cm³/mol. The van der Waals surface area contributed by atoms with E-state index in [1.165, 1.54) is 39.8 Å². The standard InChI is InChI=1S/C39H40N2O10S2/c42-17-21-4-1-3-20(13-21)14-22-15-26-32(45)25-5-2-6-27-31(25)34(47)38(26,29(44)16-22)19-52-53-30-8-7-24-23(10-12-40-36(24)41-30)9-11-39(49)33(46)28(18-43)51-37(50-27)35(39)48/h1-6,10,12-13,15-16,26,28,30,33,35,37,42-44,46,48-49H,7-9,11,14,17-19H2,(H,40,41). The number of ether oxygens (including phenoxy) is 2. The number of fused-ring (bicyclic) bond motifs is 4. The number of ketones is 2. The van der Waals surface area contributed by atoms with Crippen molar-refractivity contribution in [1.29, 1.82) is 0 Å². The van der Waals surface area contributed by atoms with Crippen LogP contribution in [-0.2, 0) is 30.6 Å². The van der Waals surface area contributed by atoms with Crippen LogP contribution < -0.4 is 10.1 Å². The lowest BCUT2D eigenvalue weighted by molar-refractivity contribution is -0.315. The number of aromatic nitrogens is 1. The van der Waals surface area contributed by atoms with Crippen molar-refractivity contribution in [2.75, 3.05) is 17.7 Å². The molecular formula is C39H40N2O10S2. The van der Waals surface area contributed by atoms with E-state index in [0.29, 0.717) is 30.7 Å². The predicted octanol–water partition coefficient (Wildman–Crippen LogP) is 3.44. The number of hydrogen-bond acceptors (Lipinski definition) is 14. The van der Waals surface area contributed by atoms with Crippen LogP contribution in [0.3, 0.4) is 0 Å². The number of aliphatic hydroxyl groups excluding tert-OH is 5. The Labute approximate surface area is 313 Å². The normalized spacial score (nSPS) is 32.3. The van der Waals surface area contributed by atoms with Crippen LogP contribution in [-0.4, -0.2) is 95.1 Å². The molecule has 1 saturated heterocycles. The smallest absolute Gasteiger partial charge is 0.229 e. The highest BCUT2D eigenvalue weighted by molar-refractivity contribution is 8.77. The minimum atomic E-state index is -2.20. The van der Waals surface area contributed by atoms with Crippen molar-refractivity contribution in [1.82, 2.24) is 4.98 Å². The summed E-state index contributed by atoms with van der Waals surface area (Å²) < 4.78 is 12.0. The number of carbonyl (C=O) groups is 2. The van der Waals surface area contributed by atoms with E-state index >= 15 is 4.79 Å². The van der Waals surface area contributed by atoms with Crippen molar-refractivity contribution in [2.45, 2.75) is 74.3 Å². The zero-order chi connectivity index (χ0) is 37.1. The number of aliphatic hydroxyl groups is 6.